The largest absolute Gasteiger partial charge is 0.337 e. The summed E-state index contributed by atoms with van der Waals surface area (Å²) in [6, 6.07) is 9.84. The van der Waals surface area contributed by atoms with E-state index < -0.39 is 0 Å². The predicted octanol–water partition coefficient (Wildman–Crippen LogP) is 2.40. The molecule has 3 rings (SSSR count). The van der Waals surface area contributed by atoms with E-state index in [0.717, 1.165) is 31.7 Å². The van der Waals surface area contributed by atoms with Crippen LogP contribution in [0.4, 0.5) is 0 Å². The fraction of sp³-hybridized carbons (Fsp3) is 0.375. The van der Waals surface area contributed by atoms with Gasteiger partial charge in [-0.05, 0) is 38.1 Å². The second-order valence-electron chi connectivity index (χ2n) is 5.45. The van der Waals surface area contributed by atoms with E-state index in [2.05, 4.69) is 10.3 Å². The maximum atomic E-state index is 12.7. The van der Waals surface area contributed by atoms with Crippen molar-refractivity contribution in [1.29, 1.82) is 0 Å². The molecule has 0 saturated carbocycles. The van der Waals surface area contributed by atoms with Crippen molar-refractivity contribution in [3.8, 4) is 5.69 Å². The second kappa shape index (κ2) is 8.91. The average Bonchev–Trinajstić information content (AvgIpc) is 3.17. The summed E-state index contributed by atoms with van der Waals surface area (Å²) in [5, 5.41) is 3.19. The molecule has 126 valence electrons. The first-order valence-corrected chi connectivity index (χ1v) is 7.31. The van der Waals surface area contributed by atoms with Gasteiger partial charge in [-0.25, -0.2) is 4.98 Å². The molecule has 23 heavy (non-hydrogen) atoms. The lowest BCUT2D eigenvalue weighted by molar-refractivity contribution is 0.0779. The van der Waals surface area contributed by atoms with Crippen molar-refractivity contribution in [2.24, 2.45) is 5.92 Å². The van der Waals surface area contributed by atoms with Crippen LogP contribution in [0.1, 0.15) is 16.9 Å². The highest BCUT2D eigenvalue weighted by Crippen LogP contribution is 2.19. The van der Waals surface area contributed by atoms with Gasteiger partial charge in [-0.3, -0.25) is 9.36 Å². The van der Waals surface area contributed by atoms with Gasteiger partial charge in [-0.15, -0.1) is 24.8 Å². The van der Waals surface area contributed by atoms with Crippen LogP contribution in [-0.2, 0) is 0 Å². The predicted molar refractivity (Wildman–Crippen MR) is 96.0 cm³/mol. The molecule has 1 aromatic heterocycles. The lowest BCUT2D eigenvalue weighted by Crippen LogP contribution is -2.31. The highest BCUT2D eigenvalue weighted by atomic mass is 35.5. The Labute approximate surface area is 148 Å². The summed E-state index contributed by atoms with van der Waals surface area (Å²) in [7, 11) is 1.95. The number of halogens is 2. The Balaban J connectivity index is 0.00000132. The number of nitrogens with one attached hydrogen (secondary N) is 1. The Hall–Kier alpha value is -1.56. The van der Waals surface area contributed by atoms with Crippen LogP contribution in [0.5, 0.6) is 0 Å². The van der Waals surface area contributed by atoms with Gasteiger partial charge in [0, 0.05) is 18.8 Å². The molecule has 1 aliphatic rings. The van der Waals surface area contributed by atoms with Crippen molar-refractivity contribution in [1.82, 2.24) is 19.8 Å². The summed E-state index contributed by atoms with van der Waals surface area (Å²) in [6.07, 6.45) is 4.41. The van der Waals surface area contributed by atoms with Gasteiger partial charge in [0.1, 0.15) is 5.69 Å². The quantitative estimate of drug-likeness (QED) is 0.914. The van der Waals surface area contributed by atoms with Gasteiger partial charge in [-0.2, -0.15) is 0 Å². The Morgan fingerprint density at radius 1 is 1.30 bits per heavy atom. The van der Waals surface area contributed by atoms with Crippen molar-refractivity contribution < 1.29 is 4.79 Å². The SMILES string of the molecule is CNCC1CCN(C(=O)c2cncn2-c2ccccc2)C1.Cl.Cl. The summed E-state index contributed by atoms with van der Waals surface area (Å²) in [4.78, 5) is 18.8. The van der Waals surface area contributed by atoms with E-state index in [0.29, 0.717) is 11.6 Å². The number of hydrogen-bond donors (Lipinski definition) is 1. The van der Waals surface area contributed by atoms with Crippen LogP contribution in [0.3, 0.4) is 0 Å². The summed E-state index contributed by atoms with van der Waals surface area (Å²) < 4.78 is 1.85. The van der Waals surface area contributed by atoms with Crippen molar-refractivity contribution in [3.63, 3.8) is 0 Å². The number of nitrogens with zero attached hydrogens (tertiary/aromatic N) is 3. The molecule has 1 fully saturated rings. The van der Waals surface area contributed by atoms with Crippen LogP contribution < -0.4 is 5.32 Å². The molecule has 2 heterocycles. The van der Waals surface area contributed by atoms with Gasteiger partial charge in [0.2, 0.25) is 0 Å². The molecule has 1 aliphatic heterocycles. The summed E-state index contributed by atoms with van der Waals surface area (Å²) in [5.74, 6) is 0.613. The number of carbonyl (C=O) groups is 1. The molecule has 5 nitrogen and oxygen atoms in total. The Bertz CT molecular complexity index is 618. The highest BCUT2D eigenvalue weighted by Gasteiger charge is 2.28. The van der Waals surface area contributed by atoms with E-state index in [1.807, 2.05) is 46.8 Å². The molecule has 0 bridgehead atoms. The fourth-order valence-electron chi connectivity index (χ4n) is 2.88. The number of likely N-dealkylation sites (tertiary alicyclic amines) is 1. The summed E-state index contributed by atoms with van der Waals surface area (Å²) in [6.45, 7) is 2.60. The van der Waals surface area contributed by atoms with E-state index in [-0.39, 0.29) is 30.7 Å². The molecule has 0 aliphatic carbocycles. The minimum Gasteiger partial charge on any atom is -0.337 e. The topological polar surface area (TPSA) is 50.2 Å². The van der Waals surface area contributed by atoms with Crippen molar-refractivity contribution in [2.75, 3.05) is 26.7 Å². The third-order valence-electron chi connectivity index (χ3n) is 3.96. The van der Waals surface area contributed by atoms with Crippen molar-refractivity contribution in [2.45, 2.75) is 6.42 Å². The lowest BCUT2D eigenvalue weighted by atomic mass is 10.1. The Morgan fingerprint density at radius 3 is 2.74 bits per heavy atom. The van der Waals surface area contributed by atoms with Crippen LogP contribution in [0.15, 0.2) is 42.9 Å². The zero-order chi connectivity index (χ0) is 14.7. The molecule has 1 amide bonds. The average molecular weight is 357 g/mol. The second-order valence-corrected chi connectivity index (χ2v) is 5.45. The standard InChI is InChI=1S/C16H20N4O.2ClH/c1-17-9-13-7-8-19(11-13)16(21)15-10-18-12-20(15)14-5-3-2-4-6-14;;/h2-6,10,12-13,17H,7-9,11H2,1H3;2*1H. The van der Waals surface area contributed by atoms with Crippen LogP contribution in [0.25, 0.3) is 5.69 Å². The smallest absolute Gasteiger partial charge is 0.272 e. The summed E-state index contributed by atoms with van der Waals surface area (Å²) in [5.41, 5.74) is 1.59. The number of rotatable bonds is 4. The van der Waals surface area contributed by atoms with Gasteiger partial charge in [0.15, 0.2) is 0 Å². The molecule has 1 saturated heterocycles. The Morgan fingerprint density at radius 2 is 2.04 bits per heavy atom. The summed E-state index contributed by atoms with van der Waals surface area (Å²) >= 11 is 0. The normalized spacial score (nSPS) is 16.6. The van der Waals surface area contributed by atoms with Gasteiger partial charge in [-0.1, -0.05) is 18.2 Å². The number of amides is 1. The minimum absolute atomic E-state index is 0. The molecular formula is C16H22Cl2N4O. The first-order chi connectivity index (χ1) is 10.3. The van der Waals surface area contributed by atoms with Crippen LogP contribution >= 0.6 is 24.8 Å². The van der Waals surface area contributed by atoms with E-state index in [1.54, 1.807) is 12.5 Å². The van der Waals surface area contributed by atoms with E-state index in [1.165, 1.54) is 0 Å². The highest BCUT2D eigenvalue weighted by molar-refractivity contribution is 5.93. The molecule has 7 heteroatoms. The molecule has 1 atom stereocenters. The maximum absolute atomic E-state index is 12.7. The van der Waals surface area contributed by atoms with E-state index in [4.69, 9.17) is 0 Å². The van der Waals surface area contributed by atoms with Gasteiger partial charge in [0.25, 0.3) is 5.91 Å². The number of carbonyl (C=O) groups excluding carboxylic acids is 1. The lowest BCUT2D eigenvalue weighted by Gasteiger charge is -2.17. The number of hydrogen-bond acceptors (Lipinski definition) is 3. The molecule has 0 spiro atoms. The van der Waals surface area contributed by atoms with Crippen molar-refractivity contribution in [3.05, 3.63) is 48.5 Å². The van der Waals surface area contributed by atoms with E-state index >= 15 is 0 Å². The zero-order valence-electron chi connectivity index (χ0n) is 13.0. The first kappa shape index (κ1) is 19.5. The fourth-order valence-corrected chi connectivity index (χ4v) is 2.88. The van der Waals surface area contributed by atoms with Gasteiger partial charge >= 0.3 is 0 Å². The molecule has 2 aromatic rings. The van der Waals surface area contributed by atoms with Crippen molar-refractivity contribution >= 4 is 30.7 Å². The molecule has 0 radical (unpaired) electrons. The van der Waals surface area contributed by atoms with Crippen LogP contribution in [0.2, 0.25) is 0 Å². The molecule has 1 aromatic carbocycles. The monoisotopic (exact) mass is 356 g/mol. The van der Waals surface area contributed by atoms with Gasteiger partial charge in [0.05, 0.1) is 12.5 Å². The zero-order valence-corrected chi connectivity index (χ0v) is 14.6. The first-order valence-electron chi connectivity index (χ1n) is 7.31. The third kappa shape index (κ3) is 4.25. The molecule has 1 N–H and O–H groups in total. The third-order valence-corrected chi connectivity index (χ3v) is 3.96. The number of aromatic nitrogens is 2. The van der Waals surface area contributed by atoms with E-state index in [9.17, 15) is 4.79 Å². The molecule has 1 unspecified atom stereocenters. The van der Waals surface area contributed by atoms with Gasteiger partial charge < -0.3 is 10.2 Å². The number of imidazole rings is 1. The number of para-hydroxylation sites is 1. The maximum Gasteiger partial charge on any atom is 0.272 e. The Kier molecular flexibility index (Phi) is 7.55. The van der Waals surface area contributed by atoms with Crippen LogP contribution in [-0.4, -0.2) is 47.0 Å². The molecular weight excluding hydrogens is 335 g/mol. The number of benzene rings is 1. The van der Waals surface area contributed by atoms with Crippen LogP contribution in [0, 0.1) is 5.92 Å². The minimum atomic E-state index is 0.